The van der Waals surface area contributed by atoms with Gasteiger partial charge in [-0.3, -0.25) is 4.79 Å². The maximum Gasteiger partial charge on any atom is 0.435 e. The second kappa shape index (κ2) is 8.39. The number of alkyl halides is 6. The van der Waals surface area contributed by atoms with Crippen LogP contribution < -0.4 is 5.32 Å². The Morgan fingerprint density at radius 3 is 2.21 bits per heavy atom. The monoisotopic (exact) mass is 481 g/mol. The maximum atomic E-state index is 13.2. The van der Waals surface area contributed by atoms with Gasteiger partial charge in [0.2, 0.25) is 0 Å². The summed E-state index contributed by atoms with van der Waals surface area (Å²) in [4.78, 5) is 13.0. The molecule has 0 radical (unpaired) electrons. The summed E-state index contributed by atoms with van der Waals surface area (Å²) in [7, 11) is 0. The van der Waals surface area contributed by atoms with Crippen LogP contribution in [0.25, 0.3) is 16.3 Å². The second-order valence-electron chi connectivity index (χ2n) is 6.88. The number of nitrogens with zero attached hydrogens (tertiary/aromatic N) is 2. The van der Waals surface area contributed by atoms with Crippen molar-refractivity contribution in [2.75, 3.05) is 5.32 Å². The van der Waals surface area contributed by atoms with Crippen molar-refractivity contribution in [3.63, 3.8) is 0 Å². The topological polar surface area (TPSA) is 46.9 Å². The zero-order chi connectivity index (χ0) is 23.8. The highest BCUT2D eigenvalue weighted by atomic mass is 32.1. The van der Waals surface area contributed by atoms with Gasteiger partial charge in [-0.2, -0.15) is 31.4 Å². The van der Waals surface area contributed by atoms with E-state index in [1.54, 1.807) is 17.5 Å². The van der Waals surface area contributed by atoms with Gasteiger partial charge in [-0.1, -0.05) is 12.1 Å². The Bertz CT molecular complexity index is 1270. The molecule has 0 aliphatic carbocycles. The summed E-state index contributed by atoms with van der Waals surface area (Å²) >= 11 is 1.25. The largest absolute Gasteiger partial charge is 0.435 e. The molecule has 4 rings (SSSR count). The van der Waals surface area contributed by atoms with Crippen molar-refractivity contribution in [1.82, 2.24) is 9.78 Å². The van der Waals surface area contributed by atoms with Gasteiger partial charge in [-0.15, -0.1) is 11.3 Å². The van der Waals surface area contributed by atoms with Gasteiger partial charge in [0.15, 0.2) is 5.69 Å². The summed E-state index contributed by atoms with van der Waals surface area (Å²) in [5.41, 5.74) is -1.38. The zero-order valence-electron chi connectivity index (χ0n) is 16.4. The fourth-order valence-electron chi connectivity index (χ4n) is 3.05. The van der Waals surface area contributed by atoms with Gasteiger partial charge in [-0.25, -0.2) is 4.68 Å². The number of carbonyl (C=O) groups is 1. The summed E-state index contributed by atoms with van der Waals surface area (Å²) in [6, 6.07) is 14.0. The summed E-state index contributed by atoms with van der Waals surface area (Å²) < 4.78 is 79.4. The highest BCUT2D eigenvalue weighted by Crippen LogP contribution is 2.35. The number of thiophene rings is 1. The lowest BCUT2D eigenvalue weighted by atomic mass is 10.1. The van der Waals surface area contributed by atoms with Crippen LogP contribution in [0, 0.1) is 0 Å². The van der Waals surface area contributed by atoms with E-state index in [2.05, 4.69) is 10.4 Å². The molecule has 11 heteroatoms. The number of anilines is 1. The van der Waals surface area contributed by atoms with E-state index in [9.17, 15) is 31.1 Å². The van der Waals surface area contributed by atoms with Gasteiger partial charge in [0.05, 0.1) is 21.8 Å². The molecular formula is C22H13F6N3OS. The molecule has 2 heterocycles. The first-order chi connectivity index (χ1) is 15.5. The zero-order valence-corrected chi connectivity index (χ0v) is 17.2. The number of amides is 1. The van der Waals surface area contributed by atoms with E-state index in [4.69, 9.17) is 0 Å². The fourth-order valence-corrected chi connectivity index (χ4v) is 3.77. The van der Waals surface area contributed by atoms with Gasteiger partial charge in [0.25, 0.3) is 5.91 Å². The van der Waals surface area contributed by atoms with Gasteiger partial charge >= 0.3 is 12.4 Å². The van der Waals surface area contributed by atoms with Crippen molar-refractivity contribution in [1.29, 1.82) is 0 Å². The molecule has 0 aliphatic heterocycles. The van der Waals surface area contributed by atoms with Crippen LogP contribution >= 0.6 is 11.3 Å². The summed E-state index contributed by atoms with van der Waals surface area (Å²) in [6.07, 6.45) is -9.19. The standard InChI is InChI=1S/C22H13F6N3OS/c23-21(24,25)14-3-1-4-15(11-14)29-20(32)13-6-8-16(9-7-13)31-17(18-5-2-10-33-18)12-19(30-31)22(26,27)28/h1-12H,(H,29,32). The molecule has 0 spiro atoms. The lowest BCUT2D eigenvalue weighted by Gasteiger charge is -2.11. The highest BCUT2D eigenvalue weighted by Gasteiger charge is 2.35. The van der Waals surface area contributed by atoms with Gasteiger partial charge in [0, 0.05) is 11.3 Å². The summed E-state index contributed by atoms with van der Waals surface area (Å²) in [5.74, 6) is -0.671. The van der Waals surface area contributed by atoms with E-state index in [0.717, 1.165) is 22.9 Å². The fraction of sp³-hybridized carbons (Fsp3) is 0.0909. The van der Waals surface area contributed by atoms with Crippen LogP contribution in [0.15, 0.2) is 72.1 Å². The van der Waals surface area contributed by atoms with Crippen LogP contribution in [-0.2, 0) is 12.4 Å². The van der Waals surface area contributed by atoms with E-state index in [1.807, 2.05) is 0 Å². The first-order valence-electron chi connectivity index (χ1n) is 9.32. The molecule has 0 saturated heterocycles. The molecule has 0 aliphatic rings. The van der Waals surface area contributed by atoms with Crippen LogP contribution in [0.4, 0.5) is 32.0 Å². The first kappa shape index (κ1) is 22.6. The lowest BCUT2D eigenvalue weighted by molar-refractivity contribution is -0.141. The van der Waals surface area contributed by atoms with Gasteiger partial charge < -0.3 is 5.32 Å². The summed E-state index contributed by atoms with van der Waals surface area (Å²) in [6.45, 7) is 0. The van der Waals surface area contributed by atoms with E-state index < -0.39 is 29.5 Å². The summed E-state index contributed by atoms with van der Waals surface area (Å²) in [5, 5.41) is 7.78. The Hall–Kier alpha value is -3.60. The molecule has 1 N–H and O–H groups in total. The smallest absolute Gasteiger partial charge is 0.322 e. The number of nitrogens with one attached hydrogen (secondary N) is 1. The number of rotatable bonds is 4. The molecule has 0 saturated carbocycles. The minimum atomic E-state index is -4.64. The highest BCUT2D eigenvalue weighted by molar-refractivity contribution is 7.13. The number of benzene rings is 2. The third-order valence-electron chi connectivity index (χ3n) is 4.60. The number of carbonyl (C=O) groups excluding carboxylic acids is 1. The van der Waals surface area contributed by atoms with Crippen molar-refractivity contribution in [3.8, 4) is 16.3 Å². The molecule has 1 amide bonds. The number of aromatic nitrogens is 2. The average molecular weight is 481 g/mol. The first-order valence-corrected chi connectivity index (χ1v) is 10.2. The third kappa shape index (κ3) is 4.92. The molecule has 33 heavy (non-hydrogen) atoms. The van der Waals surface area contributed by atoms with Crippen LogP contribution in [0.2, 0.25) is 0 Å². The maximum absolute atomic E-state index is 13.2. The van der Waals surface area contributed by atoms with Gasteiger partial charge in [-0.05, 0) is 60.0 Å². The Balaban J connectivity index is 1.60. The van der Waals surface area contributed by atoms with Crippen LogP contribution in [0.3, 0.4) is 0 Å². The molecular weight excluding hydrogens is 468 g/mol. The Morgan fingerprint density at radius 1 is 0.879 bits per heavy atom. The van der Waals surface area contributed by atoms with E-state index in [0.29, 0.717) is 4.88 Å². The number of halogens is 6. The molecule has 4 aromatic rings. The molecule has 2 aromatic heterocycles. The Kier molecular flexibility index (Phi) is 5.75. The molecule has 0 bridgehead atoms. The number of hydrogen-bond acceptors (Lipinski definition) is 3. The molecule has 170 valence electrons. The molecule has 0 unspecified atom stereocenters. The molecule has 0 atom stereocenters. The van der Waals surface area contributed by atoms with Crippen molar-refractivity contribution >= 4 is 22.9 Å². The van der Waals surface area contributed by atoms with Crippen molar-refractivity contribution in [2.45, 2.75) is 12.4 Å². The van der Waals surface area contributed by atoms with Crippen LogP contribution in [0.1, 0.15) is 21.6 Å². The van der Waals surface area contributed by atoms with Crippen molar-refractivity contribution in [2.24, 2.45) is 0 Å². The van der Waals surface area contributed by atoms with E-state index in [1.165, 1.54) is 47.7 Å². The molecule has 2 aromatic carbocycles. The predicted octanol–water partition coefficient (Wildman–Crippen LogP) is 6.89. The van der Waals surface area contributed by atoms with Crippen LogP contribution in [-0.4, -0.2) is 15.7 Å². The minimum absolute atomic E-state index is 0.0409. The van der Waals surface area contributed by atoms with Crippen LogP contribution in [0.5, 0.6) is 0 Å². The normalized spacial score (nSPS) is 12.1. The third-order valence-corrected chi connectivity index (χ3v) is 5.49. The van der Waals surface area contributed by atoms with E-state index in [-0.39, 0.29) is 22.6 Å². The Morgan fingerprint density at radius 2 is 1.61 bits per heavy atom. The lowest BCUT2D eigenvalue weighted by Crippen LogP contribution is -2.13. The molecule has 0 fully saturated rings. The SMILES string of the molecule is O=C(Nc1cccc(C(F)(F)F)c1)c1ccc(-n2nc(C(F)(F)F)cc2-c2cccs2)cc1. The average Bonchev–Trinajstić information content (AvgIpc) is 3.43. The van der Waals surface area contributed by atoms with Gasteiger partial charge in [0.1, 0.15) is 0 Å². The number of hydrogen-bond donors (Lipinski definition) is 1. The Labute approximate surface area is 187 Å². The minimum Gasteiger partial charge on any atom is -0.322 e. The van der Waals surface area contributed by atoms with Crippen molar-refractivity contribution < 1.29 is 31.1 Å². The van der Waals surface area contributed by atoms with E-state index >= 15 is 0 Å². The quantitative estimate of drug-likeness (QED) is 0.323. The molecule has 4 nitrogen and oxygen atoms in total. The van der Waals surface area contributed by atoms with Crippen molar-refractivity contribution in [3.05, 3.63) is 88.9 Å². The predicted molar refractivity (Wildman–Crippen MR) is 111 cm³/mol. The second-order valence-corrected chi connectivity index (χ2v) is 7.83.